The van der Waals surface area contributed by atoms with Crippen molar-refractivity contribution in [2.24, 2.45) is 0 Å². The van der Waals surface area contributed by atoms with E-state index in [-0.39, 0.29) is 12.5 Å². The average molecular weight is 229 g/mol. The molecule has 1 rings (SSSR count). The first-order chi connectivity index (χ1) is 7.13. The Morgan fingerprint density at radius 3 is 2.93 bits per heavy atom. The highest BCUT2D eigenvalue weighted by atomic mass is 35.5. The normalized spacial score (nSPS) is 9.80. The number of carbonyl (C=O) groups excluding carboxylic acids is 1. The largest absolute Gasteiger partial charge is 0.355 e. The monoisotopic (exact) mass is 228 g/mol. The van der Waals surface area contributed by atoms with E-state index in [1.165, 1.54) is 6.33 Å². The number of hydrogen-bond acceptors (Lipinski definition) is 4. The fourth-order valence-corrected chi connectivity index (χ4v) is 1.22. The van der Waals surface area contributed by atoms with E-state index in [2.05, 4.69) is 15.3 Å². The zero-order chi connectivity index (χ0) is 11.3. The molecule has 0 aromatic carbocycles. The van der Waals surface area contributed by atoms with Gasteiger partial charge in [-0.15, -0.1) is 0 Å². The summed E-state index contributed by atoms with van der Waals surface area (Å²) >= 11 is 5.71. The van der Waals surface area contributed by atoms with Crippen molar-refractivity contribution in [2.45, 2.75) is 6.92 Å². The van der Waals surface area contributed by atoms with Gasteiger partial charge in [0.2, 0.25) is 5.91 Å². The first kappa shape index (κ1) is 11.7. The molecule has 1 heterocycles. The molecule has 0 unspecified atom stereocenters. The van der Waals surface area contributed by atoms with Gasteiger partial charge in [0.15, 0.2) is 0 Å². The zero-order valence-corrected chi connectivity index (χ0v) is 9.45. The molecule has 0 aliphatic rings. The summed E-state index contributed by atoms with van der Waals surface area (Å²) in [5.74, 6) is 0.580. The van der Waals surface area contributed by atoms with Crippen LogP contribution in [0.3, 0.4) is 0 Å². The number of hydrogen-bond donors (Lipinski definition) is 1. The lowest BCUT2D eigenvalue weighted by molar-refractivity contribution is -0.119. The van der Waals surface area contributed by atoms with Crippen LogP contribution in [0.15, 0.2) is 12.4 Å². The van der Waals surface area contributed by atoms with E-state index in [1.807, 2.05) is 6.92 Å². The van der Waals surface area contributed by atoms with Crippen LogP contribution in [0.25, 0.3) is 0 Å². The molecule has 0 radical (unpaired) electrons. The predicted octanol–water partition coefficient (Wildman–Crippen LogP) is 0.702. The van der Waals surface area contributed by atoms with Crippen molar-refractivity contribution in [2.75, 3.05) is 25.0 Å². The molecule has 1 N–H and O–H groups in total. The number of rotatable bonds is 4. The van der Waals surface area contributed by atoms with Crippen LogP contribution in [0.4, 0.5) is 5.82 Å². The van der Waals surface area contributed by atoms with Gasteiger partial charge in [-0.3, -0.25) is 4.79 Å². The second-order valence-corrected chi connectivity index (χ2v) is 3.40. The summed E-state index contributed by atoms with van der Waals surface area (Å²) in [6.07, 6.45) is 1.37. The zero-order valence-electron chi connectivity index (χ0n) is 8.70. The summed E-state index contributed by atoms with van der Waals surface area (Å²) in [6, 6.07) is 1.61. The number of halogens is 1. The molecular formula is C9H13ClN4O. The van der Waals surface area contributed by atoms with Crippen LogP contribution >= 0.6 is 11.6 Å². The van der Waals surface area contributed by atoms with Crippen molar-refractivity contribution in [3.8, 4) is 0 Å². The average Bonchev–Trinajstić information content (AvgIpc) is 2.18. The smallest absolute Gasteiger partial charge is 0.239 e. The maximum absolute atomic E-state index is 11.3. The molecule has 1 aromatic rings. The topological polar surface area (TPSA) is 58.1 Å². The third-order valence-corrected chi connectivity index (χ3v) is 1.97. The van der Waals surface area contributed by atoms with E-state index in [4.69, 9.17) is 11.6 Å². The molecule has 82 valence electrons. The summed E-state index contributed by atoms with van der Waals surface area (Å²) in [6.45, 7) is 2.75. The molecule has 1 aromatic heterocycles. The van der Waals surface area contributed by atoms with Crippen LogP contribution < -0.4 is 10.2 Å². The molecule has 0 bridgehead atoms. The van der Waals surface area contributed by atoms with Crippen molar-refractivity contribution >= 4 is 23.3 Å². The Bertz CT molecular complexity index is 345. The van der Waals surface area contributed by atoms with Crippen molar-refractivity contribution in [3.63, 3.8) is 0 Å². The van der Waals surface area contributed by atoms with Gasteiger partial charge in [-0.25, -0.2) is 9.97 Å². The predicted molar refractivity (Wildman–Crippen MR) is 59.0 cm³/mol. The summed E-state index contributed by atoms with van der Waals surface area (Å²) in [4.78, 5) is 20.8. The molecule has 0 fully saturated rings. The Morgan fingerprint density at radius 1 is 1.60 bits per heavy atom. The third kappa shape index (κ3) is 3.71. The molecule has 0 aliphatic carbocycles. The van der Waals surface area contributed by atoms with Crippen molar-refractivity contribution in [1.82, 2.24) is 15.3 Å². The molecular weight excluding hydrogens is 216 g/mol. The van der Waals surface area contributed by atoms with Gasteiger partial charge in [-0.05, 0) is 6.92 Å². The first-order valence-corrected chi connectivity index (χ1v) is 4.96. The van der Waals surface area contributed by atoms with Gasteiger partial charge in [0, 0.05) is 19.7 Å². The number of likely N-dealkylation sites (N-methyl/N-ethyl adjacent to an activating group) is 2. The van der Waals surface area contributed by atoms with Crippen LogP contribution in [0, 0.1) is 0 Å². The van der Waals surface area contributed by atoms with Gasteiger partial charge < -0.3 is 10.2 Å². The van der Waals surface area contributed by atoms with Crippen LogP contribution in [0.2, 0.25) is 5.15 Å². The summed E-state index contributed by atoms with van der Waals surface area (Å²) in [5.41, 5.74) is 0. The van der Waals surface area contributed by atoms with E-state index in [9.17, 15) is 4.79 Å². The Balaban J connectivity index is 2.60. The second-order valence-electron chi connectivity index (χ2n) is 3.01. The van der Waals surface area contributed by atoms with E-state index >= 15 is 0 Å². The van der Waals surface area contributed by atoms with Gasteiger partial charge in [-0.2, -0.15) is 0 Å². The van der Waals surface area contributed by atoms with Crippen LogP contribution in [0.1, 0.15) is 6.92 Å². The standard InChI is InChI=1S/C9H13ClN4O/c1-3-11-9(15)5-14(2)8-4-7(10)12-6-13-8/h4,6H,3,5H2,1-2H3,(H,11,15). The maximum Gasteiger partial charge on any atom is 0.239 e. The van der Waals surface area contributed by atoms with Crippen molar-refractivity contribution < 1.29 is 4.79 Å². The highest BCUT2D eigenvalue weighted by Gasteiger charge is 2.07. The van der Waals surface area contributed by atoms with Gasteiger partial charge in [-0.1, -0.05) is 11.6 Å². The van der Waals surface area contributed by atoms with E-state index < -0.39 is 0 Å². The van der Waals surface area contributed by atoms with Crippen molar-refractivity contribution in [3.05, 3.63) is 17.5 Å². The lowest BCUT2D eigenvalue weighted by atomic mass is 10.4. The molecule has 0 aliphatic heterocycles. The molecule has 15 heavy (non-hydrogen) atoms. The second kappa shape index (κ2) is 5.50. The molecule has 0 saturated heterocycles. The minimum absolute atomic E-state index is 0.0465. The molecule has 6 heteroatoms. The molecule has 5 nitrogen and oxygen atoms in total. The lowest BCUT2D eigenvalue weighted by Gasteiger charge is -2.16. The minimum Gasteiger partial charge on any atom is -0.355 e. The summed E-state index contributed by atoms with van der Waals surface area (Å²) < 4.78 is 0. The van der Waals surface area contributed by atoms with E-state index in [0.717, 1.165) is 0 Å². The molecule has 0 spiro atoms. The number of anilines is 1. The Labute approximate surface area is 93.5 Å². The quantitative estimate of drug-likeness (QED) is 0.771. The number of amides is 1. The van der Waals surface area contributed by atoms with Crippen LogP contribution in [0.5, 0.6) is 0 Å². The van der Waals surface area contributed by atoms with Crippen LogP contribution in [-0.4, -0.2) is 36.0 Å². The SMILES string of the molecule is CCNC(=O)CN(C)c1cc(Cl)ncn1. The van der Waals surface area contributed by atoms with E-state index in [1.54, 1.807) is 18.0 Å². The fraction of sp³-hybridized carbons (Fsp3) is 0.444. The minimum atomic E-state index is -0.0465. The molecule has 0 saturated carbocycles. The van der Waals surface area contributed by atoms with Gasteiger partial charge in [0.25, 0.3) is 0 Å². The van der Waals surface area contributed by atoms with Gasteiger partial charge in [0.1, 0.15) is 17.3 Å². The number of nitrogens with one attached hydrogen (secondary N) is 1. The maximum atomic E-state index is 11.3. The summed E-state index contributed by atoms with van der Waals surface area (Å²) in [5, 5.41) is 3.07. The fourth-order valence-electron chi connectivity index (χ4n) is 1.08. The molecule has 1 amide bonds. The van der Waals surface area contributed by atoms with Gasteiger partial charge in [0.05, 0.1) is 6.54 Å². The van der Waals surface area contributed by atoms with Crippen molar-refractivity contribution in [1.29, 1.82) is 0 Å². The number of carbonyl (C=O) groups is 1. The first-order valence-electron chi connectivity index (χ1n) is 4.59. The Morgan fingerprint density at radius 2 is 2.33 bits per heavy atom. The third-order valence-electron chi connectivity index (χ3n) is 1.77. The van der Waals surface area contributed by atoms with Crippen LogP contribution in [-0.2, 0) is 4.79 Å². The highest BCUT2D eigenvalue weighted by molar-refractivity contribution is 6.29. The Kier molecular flexibility index (Phi) is 4.30. The summed E-state index contributed by atoms with van der Waals surface area (Å²) in [7, 11) is 1.77. The number of nitrogens with zero attached hydrogens (tertiary/aromatic N) is 3. The lowest BCUT2D eigenvalue weighted by Crippen LogP contribution is -2.35. The van der Waals surface area contributed by atoms with Gasteiger partial charge >= 0.3 is 0 Å². The highest BCUT2D eigenvalue weighted by Crippen LogP contribution is 2.11. The van der Waals surface area contributed by atoms with E-state index in [0.29, 0.717) is 17.5 Å². The molecule has 0 atom stereocenters. The Hall–Kier alpha value is -1.36. The number of aromatic nitrogens is 2.